The highest BCUT2D eigenvalue weighted by atomic mass is 16.5. The molecule has 0 amide bonds. The van der Waals surface area contributed by atoms with Crippen LogP contribution in [0, 0.1) is 12.8 Å². The molecule has 4 aromatic rings. The van der Waals surface area contributed by atoms with Crippen LogP contribution < -0.4 is 15.6 Å². The van der Waals surface area contributed by atoms with Gasteiger partial charge in [0.05, 0.1) is 30.3 Å². The van der Waals surface area contributed by atoms with Gasteiger partial charge in [-0.15, -0.1) is 10.2 Å². The van der Waals surface area contributed by atoms with Gasteiger partial charge in [-0.2, -0.15) is 0 Å². The van der Waals surface area contributed by atoms with E-state index >= 15 is 0 Å². The summed E-state index contributed by atoms with van der Waals surface area (Å²) in [5.74, 6) is 1.58. The summed E-state index contributed by atoms with van der Waals surface area (Å²) in [6.07, 6.45) is 3.49. The molecule has 0 saturated heterocycles. The number of rotatable bonds is 8. The zero-order valence-electron chi connectivity index (χ0n) is 20.0. The van der Waals surface area contributed by atoms with Gasteiger partial charge in [-0.1, -0.05) is 19.9 Å². The number of ether oxygens (including phenoxy) is 1. The van der Waals surface area contributed by atoms with Crippen LogP contribution in [0.5, 0.6) is 5.75 Å². The zero-order chi connectivity index (χ0) is 24.2. The van der Waals surface area contributed by atoms with Crippen LogP contribution in [0.25, 0.3) is 34.3 Å². The van der Waals surface area contributed by atoms with Gasteiger partial charge < -0.3 is 19.0 Å². The first-order valence-electron chi connectivity index (χ1n) is 11.1. The molecule has 0 bridgehead atoms. The largest absolute Gasteiger partial charge is 0.496 e. The van der Waals surface area contributed by atoms with Gasteiger partial charge in [0, 0.05) is 30.9 Å². The molecule has 176 valence electrons. The van der Waals surface area contributed by atoms with E-state index in [4.69, 9.17) is 14.1 Å². The fraction of sp³-hybridized carbons (Fsp3) is 0.320. The zero-order valence-corrected chi connectivity index (χ0v) is 20.0. The summed E-state index contributed by atoms with van der Waals surface area (Å²) in [7, 11) is 3.50. The molecule has 0 aliphatic heterocycles. The van der Waals surface area contributed by atoms with E-state index in [9.17, 15) is 4.79 Å². The summed E-state index contributed by atoms with van der Waals surface area (Å²) in [5, 5.41) is 11.6. The van der Waals surface area contributed by atoms with Gasteiger partial charge in [-0.05, 0) is 43.7 Å². The summed E-state index contributed by atoms with van der Waals surface area (Å²) in [4.78, 5) is 21.4. The molecule has 0 saturated carbocycles. The maximum atomic E-state index is 12.2. The second-order valence-electron chi connectivity index (χ2n) is 8.47. The van der Waals surface area contributed by atoms with Gasteiger partial charge in [-0.3, -0.25) is 9.78 Å². The highest BCUT2D eigenvalue weighted by molar-refractivity contribution is 5.66. The van der Waals surface area contributed by atoms with Crippen molar-refractivity contribution >= 4 is 0 Å². The summed E-state index contributed by atoms with van der Waals surface area (Å²) < 4.78 is 13.2. The lowest BCUT2D eigenvalue weighted by Gasteiger charge is -2.11. The number of hydrogen-bond acceptors (Lipinski definition) is 8. The molecular formula is C25H28N6O3. The normalized spacial score (nSPS) is 11.2. The van der Waals surface area contributed by atoms with Gasteiger partial charge in [0.1, 0.15) is 11.4 Å². The highest BCUT2D eigenvalue weighted by Crippen LogP contribution is 2.32. The first-order valence-corrected chi connectivity index (χ1v) is 11.1. The number of methoxy groups -OCH3 is 1. The van der Waals surface area contributed by atoms with E-state index in [0.29, 0.717) is 46.7 Å². The lowest BCUT2D eigenvalue weighted by Crippen LogP contribution is -2.21. The molecule has 0 atom stereocenters. The van der Waals surface area contributed by atoms with Crippen LogP contribution in [0.1, 0.15) is 25.1 Å². The summed E-state index contributed by atoms with van der Waals surface area (Å²) in [6.45, 7) is 7.32. The maximum absolute atomic E-state index is 12.2. The van der Waals surface area contributed by atoms with E-state index in [1.54, 1.807) is 30.0 Å². The Labute approximate surface area is 197 Å². The van der Waals surface area contributed by atoms with E-state index in [1.807, 2.05) is 38.4 Å². The van der Waals surface area contributed by atoms with Crippen molar-refractivity contribution in [3.8, 4) is 40.0 Å². The van der Waals surface area contributed by atoms with Crippen molar-refractivity contribution in [1.29, 1.82) is 0 Å². The molecule has 0 radical (unpaired) electrons. The van der Waals surface area contributed by atoms with Crippen molar-refractivity contribution in [3.63, 3.8) is 0 Å². The molecule has 3 aromatic heterocycles. The molecule has 34 heavy (non-hydrogen) atoms. The van der Waals surface area contributed by atoms with E-state index in [0.717, 1.165) is 17.7 Å². The van der Waals surface area contributed by atoms with Gasteiger partial charge in [0.2, 0.25) is 0 Å². The SMILES string of the molecule is CNCc1ccc(-c2nnc(-c3nc(-c4ccc(=O)n(CC(C)C)c4)cnc3C)o2)c(OC)c1. The third-order valence-corrected chi connectivity index (χ3v) is 5.30. The van der Waals surface area contributed by atoms with Crippen molar-refractivity contribution in [2.75, 3.05) is 14.2 Å². The second-order valence-corrected chi connectivity index (χ2v) is 8.47. The Bertz CT molecular complexity index is 1360. The van der Waals surface area contributed by atoms with Crippen LogP contribution in [0.15, 0.2) is 51.9 Å². The number of aromatic nitrogens is 5. The lowest BCUT2D eigenvalue weighted by molar-refractivity contribution is 0.413. The Hall–Kier alpha value is -3.85. The van der Waals surface area contributed by atoms with Gasteiger partial charge in [-0.25, -0.2) is 4.98 Å². The van der Waals surface area contributed by atoms with Crippen molar-refractivity contribution in [2.24, 2.45) is 5.92 Å². The standard InChI is InChI=1S/C25H28N6O3/c1-15(2)13-31-14-18(7-9-22(31)32)20-12-27-16(3)23(28-20)25-30-29-24(34-25)19-8-6-17(11-26-4)10-21(19)33-5/h6-10,12,14-15,26H,11,13H2,1-5H3. The monoisotopic (exact) mass is 460 g/mol. The molecule has 3 heterocycles. The molecule has 0 spiro atoms. The number of hydrogen-bond donors (Lipinski definition) is 1. The summed E-state index contributed by atoms with van der Waals surface area (Å²) >= 11 is 0. The maximum Gasteiger partial charge on any atom is 0.268 e. The van der Waals surface area contributed by atoms with E-state index in [-0.39, 0.29) is 11.4 Å². The van der Waals surface area contributed by atoms with Crippen LogP contribution in [0.2, 0.25) is 0 Å². The Morgan fingerprint density at radius 1 is 1.15 bits per heavy atom. The average molecular weight is 461 g/mol. The minimum absolute atomic E-state index is 0.0472. The number of nitrogens with zero attached hydrogens (tertiary/aromatic N) is 5. The Kier molecular flexibility index (Phi) is 6.83. The molecule has 0 aliphatic carbocycles. The number of benzene rings is 1. The minimum Gasteiger partial charge on any atom is -0.496 e. The van der Waals surface area contributed by atoms with Crippen molar-refractivity contribution in [2.45, 2.75) is 33.9 Å². The first kappa shape index (κ1) is 23.3. The van der Waals surface area contributed by atoms with Crippen LogP contribution in [0.4, 0.5) is 0 Å². The minimum atomic E-state index is -0.0472. The predicted molar refractivity (Wildman–Crippen MR) is 129 cm³/mol. The molecule has 1 aromatic carbocycles. The van der Waals surface area contributed by atoms with E-state index in [2.05, 4.69) is 34.3 Å². The predicted octanol–water partition coefficient (Wildman–Crippen LogP) is 3.71. The lowest BCUT2D eigenvalue weighted by atomic mass is 10.1. The molecular weight excluding hydrogens is 432 g/mol. The first-order chi connectivity index (χ1) is 16.4. The number of nitrogens with one attached hydrogen (secondary N) is 1. The van der Waals surface area contributed by atoms with Crippen LogP contribution in [0.3, 0.4) is 0 Å². The molecule has 9 nitrogen and oxygen atoms in total. The number of aryl methyl sites for hydroxylation is 1. The van der Waals surface area contributed by atoms with E-state index < -0.39 is 0 Å². The van der Waals surface area contributed by atoms with Crippen molar-refractivity contribution in [1.82, 2.24) is 30.0 Å². The average Bonchev–Trinajstić information content (AvgIpc) is 3.30. The highest BCUT2D eigenvalue weighted by Gasteiger charge is 2.19. The molecule has 0 fully saturated rings. The molecule has 0 aliphatic rings. The topological polar surface area (TPSA) is 108 Å². The quantitative estimate of drug-likeness (QED) is 0.424. The Balaban J connectivity index is 1.70. The summed E-state index contributed by atoms with van der Waals surface area (Å²) in [5.41, 5.74) is 4.28. The fourth-order valence-corrected chi connectivity index (χ4v) is 3.66. The summed E-state index contributed by atoms with van der Waals surface area (Å²) in [6, 6.07) is 9.12. The van der Waals surface area contributed by atoms with Gasteiger partial charge in [0.25, 0.3) is 17.3 Å². The third-order valence-electron chi connectivity index (χ3n) is 5.30. The van der Waals surface area contributed by atoms with Crippen molar-refractivity contribution < 1.29 is 9.15 Å². The molecule has 0 unspecified atom stereocenters. The second kappa shape index (κ2) is 9.96. The smallest absolute Gasteiger partial charge is 0.268 e. The Morgan fingerprint density at radius 2 is 1.94 bits per heavy atom. The fourth-order valence-electron chi connectivity index (χ4n) is 3.66. The molecule has 1 N–H and O–H groups in total. The third kappa shape index (κ3) is 4.89. The molecule has 4 rings (SSSR count). The number of pyridine rings is 1. The Morgan fingerprint density at radius 3 is 2.68 bits per heavy atom. The van der Waals surface area contributed by atoms with Crippen molar-refractivity contribution in [3.05, 3.63) is 64.3 Å². The van der Waals surface area contributed by atoms with Crippen LogP contribution >= 0.6 is 0 Å². The van der Waals surface area contributed by atoms with E-state index in [1.165, 1.54) is 0 Å². The molecule has 9 heteroatoms. The van der Waals surface area contributed by atoms with Gasteiger partial charge in [0.15, 0.2) is 0 Å². The van der Waals surface area contributed by atoms with Gasteiger partial charge >= 0.3 is 0 Å². The van der Waals surface area contributed by atoms with Crippen LogP contribution in [-0.4, -0.2) is 38.9 Å². The van der Waals surface area contributed by atoms with Crippen LogP contribution in [-0.2, 0) is 13.1 Å².